The lowest BCUT2D eigenvalue weighted by molar-refractivity contribution is -0.121. The highest BCUT2D eigenvalue weighted by atomic mass is 16.2. The van der Waals surface area contributed by atoms with E-state index in [2.05, 4.69) is 27.6 Å². The van der Waals surface area contributed by atoms with Crippen LogP contribution in [0.5, 0.6) is 0 Å². The molecule has 1 aliphatic rings. The molecule has 0 unspecified atom stereocenters. The molecule has 1 heterocycles. The Balaban J connectivity index is 1.43. The monoisotopic (exact) mass is 390 g/mol. The molecule has 150 valence electrons. The topological polar surface area (TPSA) is 78.1 Å². The van der Waals surface area contributed by atoms with E-state index < -0.39 is 0 Å². The van der Waals surface area contributed by atoms with E-state index >= 15 is 0 Å². The van der Waals surface area contributed by atoms with Gasteiger partial charge in [0.05, 0.1) is 11.7 Å². The Kier molecular flexibility index (Phi) is 5.34. The minimum atomic E-state index is 0.0213. The minimum absolute atomic E-state index is 0.0213. The fourth-order valence-corrected chi connectivity index (χ4v) is 4.06. The summed E-state index contributed by atoms with van der Waals surface area (Å²) in [6.07, 6.45) is 4.95. The number of rotatable bonds is 5. The standard InChI is InChI=1S/C23H26N4O2/c1-3-22(28)25-19-10-11-20(13-19)27(2)23(29)16-6-4-15(5-7-16)17-8-9-18-14-24-26-21(18)12-17/h4-9,12,14,19-20H,3,10-11,13H2,1-2H3,(H,24,26)(H,25,28)/t19-,20+/m1/s1. The maximum absolute atomic E-state index is 12.9. The molecule has 0 aliphatic heterocycles. The fraction of sp³-hybridized carbons (Fsp3) is 0.348. The van der Waals surface area contributed by atoms with Gasteiger partial charge in [-0.3, -0.25) is 14.7 Å². The number of H-pyrrole nitrogens is 1. The van der Waals surface area contributed by atoms with Crippen molar-refractivity contribution in [2.75, 3.05) is 7.05 Å². The second kappa shape index (κ2) is 8.07. The summed E-state index contributed by atoms with van der Waals surface area (Å²) in [4.78, 5) is 26.4. The predicted molar refractivity (Wildman–Crippen MR) is 113 cm³/mol. The largest absolute Gasteiger partial charge is 0.353 e. The molecule has 4 rings (SSSR count). The summed E-state index contributed by atoms with van der Waals surface area (Å²) in [5, 5.41) is 11.2. The first kappa shape index (κ1) is 19.2. The highest BCUT2D eigenvalue weighted by Crippen LogP contribution is 2.26. The number of aromatic amines is 1. The van der Waals surface area contributed by atoms with Gasteiger partial charge in [-0.25, -0.2) is 0 Å². The molecule has 29 heavy (non-hydrogen) atoms. The van der Waals surface area contributed by atoms with Crippen LogP contribution in [0.2, 0.25) is 0 Å². The van der Waals surface area contributed by atoms with Crippen LogP contribution >= 0.6 is 0 Å². The summed E-state index contributed by atoms with van der Waals surface area (Å²) in [6, 6.07) is 14.2. The third-order valence-corrected chi connectivity index (χ3v) is 5.87. The summed E-state index contributed by atoms with van der Waals surface area (Å²) in [7, 11) is 1.86. The normalized spacial score (nSPS) is 18.7. The number of nitrogens with zero attached hydrogens (tertiary/aromatic N) is 2. The van der Waals surface area contributed by atoms with Crippen molar-refractivity contribution in [3.8, 4) is 11.1 Å². The Morgan fingerprint density at radius 2 is 1.90 bits per heavy atom. The van der Waals surface area contributed by atoms with Crippen LogP contribution in [0.4, 0.5) is 0 Å². The summed E-state index contributed by atoms with van der Waals surface area (Å²) in [5.41, 5.74) is 3.82. The highest BCUT2D eigenvalue weighted by Gasteiger charge is 2.30. The van der Waals surface area contributed by atoms with Gasteiger partial charge in [-0.1, -0.05) is 31.2 Å². The van der Waals surface area contributed by atoms with E-state index in [1.165, 1.54) is 0 Å². The van der Waals surface area contributed by atoms with Crippen LogP contribution in [-0.2, 0) is 4.79 Å². The summed E-state index contributed by atoms with van der Waals surface area (Å²) in [5.74, 6) is 0.0987. The first-order chi connectivity index (χ1) is 14.0. The van der Waals surface area contributed by atoms with Gasteiger partial charge >= 0.3 is 0 Å². The molecule has 2 aromatic carbocycles. The number of benzene rings is 2. The molecule has 2 N–H and O–H groups in total. The molecule has 0 bridgehead atoms. The lowest BCUT2D eigenvalue weighted by Gasteiger charge is -2.25. The number of fused-ring (bicyclic) bond motifs is 1. The second-order valence-electron chi connectivity index (χ2n) is 7.75. The Morgan fingerprint density at radius 3 is 2.66 bits per heavy atom. The van der Waals surface area contributed by atoms with Gasteiger partial charge in [0.2, 0.25) is 5.91 Å². The van der Waals surface area contributed by atoms with E-state index in [0.717, 1.165) is 41.3 Å². The SMILES string of the molecule is CCC(=O)N[C@@H]1CC[C@H](N(C)C(=O)c2ccc(-c3ccc4cn[nH]c4c3)cc2)C1. The Hall–Kier alpha value is -3.15. The van der Waals surface area contributed by atoms with Gasteiger partial charge in [0.15, 0.2) is 0 Å². The molecule has 0 radical (unpaired) electrons. The number of hydrogen-bond acceptors (Lipinski definition) is 3. The highest BCUT2D eigenvalue weighted by molar-refractivity contribution is 5.95. The van der Waals surface area contributed by atoms with Crippen LogP contribution in [0.15, 0.2) is 48.7 Å². The molecular formula is C23H26N4O2. The molecule has 6 heteroatoms. The maximum Gasteiger partial charge on any atom is 0.253 e. The zero-order valence-electron chi connectivity index (χ0n) is 16.8. The average Bonchev–Trinajstić information content (AvgIpc) is 3.41. The van der Waals surface area contributed by atoms with E-state index in [9.17, 15) is 9.59 Å². The predicted octanol–water partition coefficient (Wildman–Crippen LogP) is 3.75. The van der Waals surface area contributed by atoms with Gasteiger partial charge in [0.25, 0.3) is 5.91 Å². The van der Waals surface area contributed by atoms with Crippen molar-refractivity contribution in [1.82, 2.24) is 20.4 Å². The van der Waals surface area contributed by atoms with Crippen LogP contribution in [0.25, 0.3) is 22.0 Å². The lowest BCUT2D eigenvalue weighted by atomic mass is 10.0. The van der Waals surface area contributed by atoms with Crippen molar-refractivity contribution < 1.29 is 9.59 Å². The number of carbonyl (C=O) groups excluding carboxylic acids is 2. The van der Waals surface area contributed by atoms with E-state index in [1.807, 2.05) is 49.2 Å². The first-order valence-electron chi connectivity index (χ1n) is 10.1. The molecule has 6 nitrogen and oxygen atoms in total. The van der Waals surface area contributed by atoms with Crippen molar-refractivity contribution in [3.05, 3.63) is 54.2 Å². The van der Waals surface area contributed by atoms with E-state index in [0.29, 0.717) is 12.0 Å². The number of aromatic nitrogens is 2. The first-order valence-corrected chi connectivity index (χ1v) is 10.1. The van der Waals surface area contributed by atoms with Gasteiger partial charge in [0.1, 0.15) is 0 Å². The quantitative estimate of drug-likeness (QED) is 0.696. The van der Waals surface area contributed by atoms with Gasteiger partial charge in [-0.2, -0.15) is 5.10 Å². The summed E-state index contributed by atoms with van der Waals surface area (Å²) in [6.45, 7) is 1.86. The smallest absolute Gasteiger partial charge is 0.253 e. The average molecular weight is 390 g/mol. The molecule has 0 spiro atoms. The van der Waals surface area contributed by atoms with Crippen LogP contribution in [0.3, 0.4) is 0 Å². The molecular weight excluding hydrogens is 364 g/mol. The lowest BCUT2D eigenvalue weighted by Crippen LogP contribution is -2.38. The Labute approximate surface area is 170 Å². The van der Waals surface area contributed by atoms with Crippen molar-refractivity contribution in [2.24, 2.45) is 0 Å². The van der Waals surface area contributed by atoms with Gasteiger partial charge in [-0.15, -0.1) is 0 Å². The van der Waals surface area contributed by atoms with Crippen LogP contribution < -0.4 is 5.32 Å². The third kappa shape index (κ3) is 4.01. The minimum Gasteiger partial charge on any atom is -0.353 e. The molecule has 1 aromatic heterocycles. The summed E-state index contributed by atoms with van der Waals surface area (Å²) >= 11 is 0. The van der Waals surface area contributed by atoms with Crippen LogP contribution in [0.1, 0.15) is 43.0 Å². The van der Waals surface area contributed by atoms with Crippen molar-refractivity contribution in [3.63, 3.8) is 0 Å². The van der Waals surface area contributed by atoms with Crippen LogP contribution in [-0.4, -0.2) is 46.0 Å². The van der Waals surface area contributed by atoms with E-state index in [4.69, 9.17) is 0 Å². The number of amides is 2. The Morgan fingerprint density at radius 1 is 1.14 bits per heavy atom. The molecule has 1 aliphatic carbocycles. The zero-order valence-corrected chi connectivity index (χ0v) is 16.8. The molecule has 3 aromatic rings. The van der Waals surface area contributed by atoms with Gasteiger partial charge in [-0.05, 0) is 48.6 Å². The molecule has 2 atom stereocenters. The second-order valence-corrected chi connectivity index (χ2v) is 7.75. The van der Waals surface area contributed by atoms with Crippen LogP contribution in [0, 0.1) is 0 Å². The number of nitrogens with one attached hydrogen (secondary N) is 2. The third-order valence-electron chi connectivity index (χ3n) is 5.87. The van der Waals surface area contributed by atoms with E-state index in [-0.39, 0.29) is 23.9 Å². The Bertz CT molecular complexity index is 1020. The molecule has 0 saturated heterocycles. The zero-order chi connectivity index (χ0) is 20.4. The van der Waals surface area contributed by atoms with Crippen molar-refractivity contribution in [2.45, 2.75) is 44.7 Å². The van der Waals surface area contributed by atoms with E-state index in [1.54, 1.807) is 6.20 Å². The summed E-state index contributed by atoms with van der Waals surface area (Å²) < 4.78 is 0. The molecule has 1 fully saturated rings. The van der Waals surface area contributed by atoms with Crippen molar-refractivity contribution in [1.29, 1.82) is 0 Å². The van der Waals surface area contributed by atoms with Gasteiger partial charge in [0, 0.05) is 36.5 Å². The van der Waals surface area contributed by atoms with Gasteiger partial charge < -0.3 is 10.2 Å². The number of carbonyl (C=O) groups is 2. The molecule has 2 amide bonds. The molecule has 1 saturated carbocycles. The van der Waals surface area contributed by atoms with Crippen molar-refractivity contribution >= 4 is 22.7 Å². The number of hydrogen-bond donors (Lipinski definition) is 2. The fourth-order valence-electron chi connectivity index (χ4n) is 4.06. The maximum atomic E-state index is 12.9.